The van der Waals surface area contributed by atoms with Gasteiger partial charge in [0.1, 0.15) is 11.4 Å². The van der Waals surface area contributed by atoms with Crippen molar-refractivity contribution in [2.24, 2.45) is 0 Å². The van der Waals surface area contributed by atoms with Gasteiger partial charge in [-0.25, -0.2) is 19.0 Å². The number of aromatic carboxylic acids is 1. The van der Waals surface area contributed by atoms with Gasteiger partial charge in [-0.2, -0.15) is 0 Å². The first-order valence-electron chi connectivity index (χ1n) is 10.5. The minimum atomic E-state index is -0.986. The zero-order valence-electron chi connectivity index (χ0n) is 18.4. The van der Waals surface area contributed by atoms with Gasteiger partial charge in [-0.15, -0.1) is 0 Å². The molecule has 0 fully saturated rings. The monoisotopic (exact) mass is 467 g/mol. The van der Waals surface area contributed by atoms with Gasteiger partial charge < -0.3 is 14.7 Å². The summed E-state index contributed by atoms with van der Waals surface area (Å²) in [4.78, 5) is 30.6. The summed E-state index contributed by atoms with van der Waals surface area (Å²) in [5.41, 5.74) is 3.04. The van der Waals surface area contributed by atoms with Crippen LogP contribution in [0.4, 0.5) is 9.18 Å². The van der Waals surface area contributed by atoms with E-state index in [-0.39, 0.29) is 17.5 Å². The number of fused-ring (bicyclic) bond motifs is 4. The Kier molecular flexibility index (Phi) is 4.89. The Labute approximate surface area is 193 Å². The summed E-state index contributed by atoms with van der Waals surface area (Å²) in [6, 6.07) is 8.18. The van der Waals surface area contributed by atoms with Gasteiger partial charge >= 0.3 is 12.1 Å². The first kappa shape index (κ1) is 21.4. The molecule has 1 aliphatic rings. The standard InChI is InChI=1S/C24H22FN3O4S/c1-24(2,3)32-23(31)27-7-6-13-9-17(25)16(8-15(13)11-27)18-12-28-19-5-4-14(21(29)30)10-20(19)33-22(28)26-18/h4-5,8-10,12H,6-7,11H2,1-3H3,(H,29,30). The molecule has 0 spiro atoms. The van der Waals surface area contributed by atoms with Crippen LogP contribution >= 0.6 is 11.3 Å². The number of imidazole rings is 1. The molecular weight excluding hydrogens is 445 g/mol. The number of carbonyl (C=O) groups is 2. The van der Waals surface area contributed by atoms with Crippen LogP contribution in [0.2, 0.25) is 0 Å². The number of nitrogens with zero attached hydrogens (tertiary/aromatic N) is 3. The molecule has 0 atom stereocenters. The van der Waals surface area contributed by atoms with E-state index >= 15 is 4.39 Å². The van der Waals surface area contributed by atoms with Gasteiger partial charge in [0.15, 0.2) is 4.96 Å². The number of hydrogen-bond acceptors (Lipinski definition) is 5. The van der Waals surface area contributed by atoms with Crippen molar-refractivity contribution in [1.29, 1.82) is 0 Å². The lowest BCUT2D eigenvalue weighted by atomic mass is 9.96. The zero-order chi connectivity index (χ0) is 23.5. The van der Waals surface area contributed by atoms with Crippen LogP contribution in [0.25, 0.3) is 26.4 Å². The summed E-state index contributed by atoms with van der Waals surface area (Å²) >= 11 is 1.35. The van der Waals surface area contributed by atoms with E-state index < -0.39 is 11.6 Å². The summed E-state index contributed by atoms with van der Waals surface area (Å²) in [7, 11) is 0. The van der Waals surface area contributed by atoms with Crippen molar-refractivity contribution in [1.82, 2.24) is 14.3 Å². The van der Waals surface area contributed by atoms with E-state index in [9.17, 15) is 14.7 Å². The van der Waals surface area contributed by atoms with E-state index in [0.717, 1.165) is 21.3 Å². The average Bonchev–Trinajstić information content (AvgIpc) is 3.29. The van der Waals surface area contributed by atoms with E-state index in [2.05, 4.69) is 4.98 Å². The normalized spacial score (nSPS) is 14.0. The Hall–Kier alpha value is -3.46. The molecule has 0 bridgehead atoms. The second-order valence-electron chi connectivity index (χ2n) is 9.12. The van der Waals surface area contributed by atoms with Crippen LogP contribution in [0.1, 0.15) is 42.3 Å². The fraction of sp³-hybridized carbons (Fsp3) is 0.292. The lowest BCUT2D eigenvalue weighted by Gasteiger charge is -2.31. The van der Waals surface area contributed by atoms with Gasteiger partial charge in [0, 0.05) is 24.8 Å². The maximum atomic E-state index is 15.0. The van der Waals surface area contributed by atoms with E-state index in [4.69, 9.17) is 4.74 Å². The lowest BCUT2D eigenvalue weighted by molar-refractivity contribution is 0.0223. The highest BCUT2D eigenvalue weighted by atomic mass is 32.1. The average molecular weight is 468 g/mol. The quantitative estimate of drug-likeness (QED) is 0.430. The Morgan fingerprint density at radius 2 is 1.97 bits per heavy atom. The molecule has 4 aromatic rings. The summed E-state index contributed by atoms with van der Waals surface area (Å²) < 4.78 is 23.1. The number of thiazole rings is 1. The van der Waals surface area contributed by atoms with Crippen molar-refractivity contribution in [3.8, 4) is 11.3 Å². The van der Waals surface area contributed by atoms with E-state index in [1.807, 2.05) is 25.2 Å². The molecule has 170 valence electrons. The van der Waals surface area contributed by atoms with Crippen LogP contribution in [-0.4, -0.2) is 43.6 Å². The number of hydrogen-bond donors (Lipinski definition) is 1. The van der Waals surface area contributed by atoms with E-state index in [1.165, 1.54) is 17.4 Å². The summed E-state index contributed by atoms with van der Waals surface area (Å²) in [5, 5.41) is 9.21. The molecule has 33 heavy (non-hydrogen) atoms. The predicted molar refractivity (Wildman–Crippen MR) is 123 cm³/mol. The number of carbonyl (C=O) groups excluding carboxylic acids is 1. The smallest absolute Gasteiger partial charge is 0.410 e. The zero-order valence-corrected chi connectivity index (χ0v) is 19.2. The number of aromatic nitrogens is 2. The predicted octanol–water partition coefficient (Wildman–Crippen LogP) is 5.35. The number of benzene rings is 2. The first-order chi connectivity index (χ1) is 15.6. The summed E-state index contributed by atoms with van der Waals surface area (Å²) in [5.74, 6) is -1.34. The number of amides is 1. The van der Waals surface area contributed by atoms with Crippen LogP contribution in [0.5, 0.6) is 0 Å². The van der Waals surface area contributed by atoms with Crippen LogP contribution in [0.3, 0.4) is 0 Å². The molecule has 0 aliphatic carbocycles. The number of ether oxygens (including phenoxy) is 1. The number of rotatable bonds is 2. The van der Waals surface area contributed by atoms with Gasteiger partial charge in [-0.3, -0.25) is 4.40 Å². The third kappa shape index (κ3) is 3.93. The largest absolute Gasteiger partial charge is 0.478 e. The first-order valence-corrected chi connectivity index (χ1v) is 11.4. The van der Waals surface area contributed by atoms with Crippen molar-refractivity contribution in [3.05, 3.63) is 59.0 Å². The van der Waals surface area contributed by atoms with Gasteiger partial charge in [0.05, 0.1) is 21.5 Å². The third-order valence-corrected chi connectivity index (χ3v) is 6.59. The van der Waals surface area contributed by atoms with Gasteiger partial charge in [0.2, 0.25) is 0 Å². The van der Waals surface area contributed by atoms with Crippen molar-refractivity contribution in [2.45, 2.75) is 39.3 Å². The molecule has 1 amide bonds. The van der Waals surface area contributed by atoms with Crippen LogP contribution in [-0.2, 0) is 17.7 Å². The van der Waals surface area contributed by atoms with Crippen LogP contribution < -0.4 is 0 Å². The molecular formula is C24H22FN3O4S. The van der Waals surface area contributed by atoms with Crippen LogP contribution in [0.15, 0.2) is 36.5 Å². The minimum Gasteiger partial charge on any atom is -0.478 e. The highest BCUT2D eigenvalue weighted by Crippen LogP contribution is 2.33. The SMILES string of the molecule is CC(C)(C)OC(=O)N1CCc2cc(F)c(-c3cn4c(n3)sc3cc(C(=O)O)ccc34)cc2C1. The molecule has 3 heterocycles. The topological polar surface area (TPSA) is 84.1 Å². The van der Waals surface area contributed by atoms with Crippen molar-refractivity contribution < 1.29 is 23.8 Å². The molecule has 0 saturated heterocycles. The van der Waals surface area contributed by atoms with Crippen LogP contribution in [0, 0.1) is 5.82 Å². The molecule has 2 aromatic heterocycles. The molecule has 9 heteroatoms. The van der Waals surface area contributed by atoms with Gasteiger partial charge in [0.25, 0.3) is 0 Å². The lowest BCUT2D eigenvalue weighted by Crippen LogP contribution is -2.39. The molecule has 0 unspecified atom stereocenters. The number of carboxylic acids is 1. The fourth-order valence-electron chi connectivity index (χ4n) is 4.02. The third-order valence-electron chi connectivity index (χ3n) is 5.57. The van der Waals surface area contributed by atoms with Crippen molar-refractivity contribution in [3.63, 3.8) is 0 Å². The number of halogens is 1. The molecule has 0 saturated carbocycles. The van der Waals surface area contributed by atoms with Crippen molar-refractivity contribution in [2.75, 3.05) is 6.54 Å². The highest BCUT2D eigenvalue weighted by molar-refractivity contribution is 7.23. The maximum Gasteiger partial charge on any atom is 0.410 e. The Balaban J connectivity index is 1.49. The Morgan fingerprint density at radius 1 is 1.18 bits per heavy atom. The van der Waals surface area contributed by atoms with Crippen molar-refractivity contribution >= 4 is 38.6 Å². The molecule has 7 nitrogen and oxygen atoms in total. The molecule has 2 aromatic carbocycles. The summed E-state index contributed by atoms with van der Waals surface area (Å²) in [6.07, 6.45) is 1.93. The Bertz CT molecular complexity index is 1430. The molecule has 5 rings (SSSR count). The molecule has 1 N–H and O–H groups in total. The fourth-order valence-corrected chi connectivity index (χ4v) is 5.07. The van der Waals surface area contributed by atoms with Gasteiger partial charge in [-0.05, 0) is 68.7 Å². The minimum absolute atomic E-state index is 0.211. The van der Waals surface area contributed by atoms with E-state index in [0.29, 0.717) is 35.7 Å². The number of carboxylic acid groups (broad SMARTS) is 1. The molecule has 1 aliphatic heterocycles. The maximum absolute atomic E-state index is 15.0. The molecule has 0 radical (unpaired) electrons. The van der Waals surface area contributed by atoms with Gasteiger partial charge in [-0.1, -0.05) is 11.3 Å². The summed E-state index contributed by atoms with van der Waals surface area (Å²) in [6.45, 7) is 6.30. The Morgan fingerprint density at radius 3 is 2.70 bits per heavy atom. The highest BCUT2D eigenvalue weighted by Gasteiger charge is 2.27. The second-order valence-corrected chi connectivity index (χ2v) is 10.1. The second kappa shape index (κ2) is 7.55. The van der Waals surface area contributed by atoms with E-state index in [1.54, 1.807) is 35.4 Å².